The minimum absolute atomic E-state index is 0.554. The molecular weight excluding hydrogens is 252 g/mol. The number of nitriles is 1. The highest BCUT2D eigenvalue weighted by Crippen LogP contribution is 2.43. The molecule has 0 amide bonds. The second-order valence-corrected chi connectivity index (χ2v) is 5.84. The maximum Gasteiger partial charge on any atom is 0.0978 e. The molecule has 1 unspecified atom stereocenters. The fraction of sp³-hybridized carbons (Fsp3) is 0.562. The monoisotopic (exact) mass is 272 g/mol. The standard InChI is InChI=1S/C16H20N2O2/c1-18-7-4-12-10-13(2-3-14(12)18)15(19)16(11-17)5-8-20-9-6-16/h2-3,10,15,19H,4-9H2,1H3. The zero-order valence-corrected chi connectivity index (χ0v) is 11.8. The summed E-state index contributed by atoms with van der Waals surface area (Å²) in [4.78, 5) is 2.22. The van der Waals surface area contributed by atoms with Gasteiger partial charge in [-0.05, 0) is 36.5 Å². The molecule has 0 aromatic heterocycles. The minimum atomic E-state index is -0.729. The number of aliphatic hydroxyl groups excluding tert-OH is 1. The van der Waals surface area contributed by atoms with Crippen molar-refractivity contribution in [3.8, 4) is 6.07 Å². The van der Waals surface area contributed by atoms with Crippen LogP contribution in [0.2, 0.25) is 0 Å². The number of aliphatic hydroxyl groups is 1. The summed E-state index contributed by atoms with van der Waals surface area (Å²) in [6.07, 6.45) is 1.48. The maximum absolute atomic E-state index is 10.7. The number of rotatable bonds is 2. The second-order valence-electron chi connectivity index (χ2n) is 5.84. The van der Waals surface area contributed by atoms with Crippen LogP contribution >= 0.6 is 0 Å². The summed E-state index contributed by atoms with van der Waals surface area (Å²) in [6, 6.07) is 8.44. The molecule has 4 heteroatoms. The van der Waals surface area contributed by atoms with Crippen LogP contribution in [0.4, 0.5) is 5.69 Å². The molecule has 2 aliphatic heterocycles. The molecule has 106 valence electrons. The molecule has 0 saturated carbocycles. The summed E-state index contributed by atoms with van der Waals surface area (Å²) in [5, 5.41) is 20.2. The van der Waals surface area contributed by atoms with Gasteiger partial charge in [-0.2, -0.15) is 5.26 Å². The van der Waals surface area contributed by atoms with E-state index in [0.717, 1.165) is 18.5 Å². The summed E-state index contributed by atoms with van der Waals surface area (Å²) in [7, 11) is 2.08. The molecule has 0 radical (unpaired) electrons. The van der Waals surface area contributed by atoms with E-state index < -0.39 is 11.5 Å². The van der Waals surface area contributed by atoms with E-state index in [-0.39, 0.29) is 0 Å². The van der Waals surface area contributed by atoms with Crippen molar-refractivity contribution >= 4 is 5.69 Å². The molecular formula is C16H20N2O2. The summed E-state index contributed by atoms with van der Waals surface area (Å²) in [6.45, 7) is 2.13. The van der Waals surface area contributed by atoms with Crippen molar-refractivity contribution in [2.45, 2.75) is 25.4 Å². The lowest BCUT2D eigenvalue weighted by molar-refractivity contribution is -0.0310. The van der Waals surface area contributed by atoms with Crippen LogP contribution in [0.15, 0.2) is 18.2 Å². The Bertz CT molecular complexity index is 544. The number of fused-ring (bicyclic) bond motifs is 1. The second kappa shape index (κ2) is 5.08. The molecule has 4 nitrogen and oxygen atoms in total. The van der Waals surface area contributed by atoms with Crippen LogP contribution in [-0.2, 0) is 11.2 Å². The first-order valence-electron chi connectivity index (χ1n) is 7.17. The number of hydrogen-bond donors (Lipinski definition) is 1. The van der Waals surface area contributed by atoms with Gasteiger partial charge < -0.3 is 14.7 Å². The number of nitrogens with zero attached hydrogens (tertiary/aromatic N) is 2. The summed E-state index contributed by atoms with van der Waals surface area (Å²) >= 11 is 0. The van der Waals surface area contributed by atoms with Crippen molar-refractivity contribution in [2.24, 2.45) is 5.41 Å². The van der Waals surface area contributed by atoms with Gasteiger partial charge in [0.2, 0.25) is 0 Å². The van der Waals surface area contributed by atoms with E-state index in [1.165, 1.54) is 11.3 Å². The Morgan fingerprint density at radius 3 is 2.85 bits per heavy atom. The Balaban J connectivity index is 1.91. The normalized spacial score (nSPS) is 22.1. The Labute approximate surface area is 119 Å². The fourth-order valence-electron chi connectivity index (χ4n) is 3.26. The highest BCUT2D eigenvalue weighted by atomic mass is 16.5. The van der Waals surface area contributed by atoms with Gasteiger partial charge in [-0.3, -0.25) is 0 Å². The lowest BCUT2D eigenvalue weighted by Gasteiger charge is -2.35. The van der Waals surface area contributed by atoms with Gasteiger partial charge in [0, 0.05) is 32.5 Å². The van der Waals surface area contributed by atoms with Gasteiger partial charge in [0.15, 0.2) is 0 Å². The van der Waals surface area contributed by atoms with Gasteiger partial charge in [0.25, 0.3) is 0 Å². The number of hydrogen-bond acceptors (Lipinski definition) is 4. The van der Waals surface area contributed by atoms with Crippen LogP contribution in [0, 0.1) is 16.7 Å². The highest BCUT2D eigenvalue weighted by Gasteiger charge is 2.41. The van der Waals surface area contributed by atoms with Gasteiger partial charge in [-0.25, -0.2) is 0 Å². The largest absolute Gasteiger partial charge is 0.387 e. The molecule has 1 aromatic rings. The lowest BCUT2D eigenvalue weighted by Crippen LogP contribution is -2.34. The van der Waals surface area contributed by atoms with Crippen LogP contribution in [-0.4, -0.2) is 31.9 Å². The van der Waals surface area contributed by atoms with Crippen LogP contribution in [0.3, 0.4) is 0 Å². The quantitative estimate of drug-likeness (QED) is 0.895. The molecule has 0 bridgehead atoms. The van der Waals surface area contributed by atoms with E-state index in [1.807, 2.05) is 6.07 Å². The van der Waals surface area contributed by atoms with E-state index in [4.69, 9.17) is 4.74 Å². The van der Waals surface area contributed by atoms with Gasteiger partial charge >= 0.3 is 0 Å². The average molecular weight is 272 g/mol. The zero-order valence-electron chi connectivity index (χ0n) is 11.8. The predicted octanol–water partition coefficient (Wildman–Crippen LogP) is 2.03. The van der Waals surface area contributed by atoms with Gasteiger partial charge in [0.05, 0.1) is 17.6 Å². The van der Waals surface area contributed by atoms with Crippen LogP contribution < -0.4 is 4.90 Å². The fourth-order valence-corrected chi connectivity index (χ4v) is 3.26. The summed E-state index contributed by atoms with van der Waals surface area (Å²) in [5.74, 6) is 0. The van der Waals surface area contributed by atoms with Crippen LogP contribution in [0.25, 0.3) is 0 Å². The Kier molecular flexibility index (Phi) is 3.41. The number of likely N-dealkylation sites (N-methyl/N-ethyl adjacent to an activating group) is 1. The zero-order chi connectivity index (χ0) is 14.2. The minimum Gasteiger partial charge on any atom is -0.387 e. The van der Waals surface area contributed by atoms with Gasteiger partial charge in [-0.1, -0.05) is 12.1 Å². The molecule has 1 fully saturated rings. The number of ether oxygens (including phenoxy) is 1. The molecule has 1 atom stereocenters. The van der Waals surface area contributed by atoms with E-state index >= 15 is 0 Å². The topological polar surface area (TPSA) is 56.5 Å². The molecule has 1 saturated heterocycles. The van der Waals surface area contributed by atoms with Crippen molar-refractivity contribution in [1.29, 1.82) is 5.26 Å². The van der Waals surface area contributed by atoms with E-state index in [0.29, 0.717) is 26.1 Å². The third kappa shape index (κ3) is 2.07. The van der Waals surface area contributed by atoms with E-state index in [1.54, 1.807) is 0 Å². The van der Waals surface area contributed by atoms with Gasteiger partial charge in [-0.15, -0.1) is 0 Å². The Hall–Kier alpha value is -1.57. The molecule has 3 rings (SSSR count). The van der Waals surface area contributed by atoms with E-state index in [2.05, 4.69) is 30.1 Å². The summed E-state index contributed by atoms with van der Waals surface area (Å²) < 4.78 is 5.33. The molecule has 20 heavy (non-hydrogen) atoms. The van der Waals surface area contributed by atoms with Crippen molar-refractivity contribution in [3.05, 3.63) is 29.3 Å². The third-order valence-electron chi connectivity index (χ3n) is 4.68. The van der Waals surface area contributed by atoms with Crippen molar-refractivity contribution < 1.29 is 9.84 Å². The lowest BCUT2D eigenvalue weighted by atomic mass is 9.74. The molecule has 0 spiro atoms. The van der Waals surface area contributed by atoms with Crippen LogP contribution in [0.1, 0.15) is 30.1 Å². The van der Waals surface area contributed by atoms with E-state index in [9.17, 15) is 10.4 Å². The maximum atomic E-state index is 10.7. The molecule has 1 N–H and O–H groups in total. The molecule has 0 aliphatic carbocycles. The third-order valence-corrected chi connectivity index (χ3v) is 4.68. The highest BCUT2D eigenvalue weighted by molar-refractivity contribution is 5.58. The average Bonchev–Trinajstić information content (AvgIpc) is 2.88. The van der Waals surface area contributed by atoms with Crippen molar-refractivity contribution in [1.82, 2.24) is 0 Å². The predicted molar refractivity (Wildman–Crippen MR) is 76.5 cm³/mol. The van der Waals surface area contributed by atoms with Crippen molar-refractivity contribution in [2.75, 3.05) is 31.7 Å². The first-order chi connectivity index (χ1) is 9.66. The SMILES string of the molecule is CN1CCc2cc(C(O)C3(C#N)CCOCC3)ccc21. The Morgan fingerprint density at radius 1 is 1.40 bits per heavy atom. The molecule has 2 heterocycles. The number of anilines is 1. The summed E-state index contributed by atoms with van der Waals surface area (Å²) in [5.41, 5.74) is 2.67. The molecule has 1 aromatic carbocycles. The Morgan fingerprint density at radius 2 is 2.15 bits per heavy atom. The number of benzene rings is 1. The van der Waals surface area contributed by atoms with Crippen molar-refractivity contribution in [3.63, 3.8) is 0 Å². The van der Waals surface area contributed by atoms with Crippen LogP contribution in [0.5, 0.6) is 0 Å². The molecule has 2 aliphatic rings. The first kappa shape index (κ1) is 13.4. The smallest absolute Gasteiger partial charge is 0.0978 e. The van der Waals surface area contributed by atoms with Gasteiger partial charge in [0.1, 0.15) is 0 Å². The first-order valence-corrected chi connectivity index (χ1v) is 7.17.